The summed E-state index contributed by atoms with van der Waals surface area (Å²) < 4.78 is 5.10. The summed E-state index contributed by atoms with van der Waals surface area (Å²) in [7, 11) is 0. The maximum Gasteiger partial charge on any atom is 0.126 e. The minimum absolute atomic E-state index is 0.617. The molecule has 3 heteroatoms. The molecule has 0 radical (unpaired) electrons. The molecule has 70 valence electrons. The first-order chi connectivity index (χ1) is 6.29. The molecule has 0 aliphatic carbocycles. The number of hydrogen-bond acceptors (Lipinski definition) is 2. The maximum atomic E-state index is 5.56. The largest absolute Gasteiger partial charge is 0.465 e. The summed E-state index contributed by atoms with van der Waals surface area (Å²) in [4.78, 5) is 0. The van der Waals surface area contributed by atoms with Crippen molar-refractivity contribution in [3.05, 3.63) is 41.8 Å². The van der Waals surface area contributed by atoms with Crippen molar-refractivity contribution < 1.29 is 4.42 Å². The second kappa shape index (κ2) is 5.62. The van der Waals surface area contributed by atoms with Crippen molar-refractivity contribution in [3.63, 3.8) is 0 Å². The lowest BCUT2D eigenvalue weighted by Gasteiger charge is -1.96. The van der Waals surface area contributed by atoms with E-state index in [9.17, 15) is 0 Å². The summed E-state index contributed by atoms with van der Waals surface area (Å²) in [6.45, 7) is 4.95. The molecule has 1 heterocycles. The summed E-state index contributed by atoms with van der Waals surface area (Å²) in [5, 5.41) is 3.70. The van der Waals surface area contributed by atoms with E-state index in [1.807, 2.05) is 24.3 Å². The van der Waals surface area contributed by atoms with E-state index >= 15 is 0 Å². The lowest BCUT2D eigenvalue weighted by atomic mass is 10.4. The van der Waals surface area contributed by atoms with Gasteiger partial charge in [-0.05, 0) is 18.2 Å². The van der Waals surface area contributed by atoms with Crippen molar-refractivity contribution in [1.29, 1.82) is 0 Å². The standard InChI is InChI=1S/C10H12ClNO/c1-9(11)8-12-6-2-4-10-5-3-7-13-10/h2-5,7,12H,1,6,8H2/b4-2+. The molecule has 1 aromatic rings. The molecule has 0 atom stereocenters. The second-order valence-electron chi connectivity index (χ2n) is 2.57. The van der Waals surface area contributed by atoms with Gasteiger partial charge < -0.3 is 9.73 Å². The second-order valence-corrected chi connectivity index (χ2v) is 3.10. The van der Waals surface area contributed by atoms with Gasteiger partial charge in [-0.3, -0.25) is 0 Å². The van der Waals surface area contributed by atoms with E-state index in [2.05, 4.69) is 11.9 Å². The summed E-state index contributed by atoms with van der Waals surface area (Å²) in [6, 6.07) is 3.75. The molecule has 0 aromatic carbocycles. The zero-order chi connectivity index (χ0) is 9.52. The average Bonchev–Trinajstić information content (AvgIpc) is 2.55. The van der Waals surface area contributed by atoms with Gasteiger partial charge in [0.05, 0.1) is 6.26 Å². The van der Waals surface area contributed by atoms with Gasteiger partial charge in [0.2, 0.25) is 0 Å². The van der Waals surface area contributed by atoms with Crippen LogP contribution in [0.25, 0.3) is 6.08 Å². The highest BCUT2D eigenvalue weighted by Crippen LogP contribution is 2.01. The minimum atomic E-state index is 0.617. The molecule has 0 bridgehead atoms. The first-order valence-corrected chi connectivity index (χ1v) is 4.41. The predicted octanol–water partition coefficient (Wildman–Crippen LogP) is 2.63. The van der Waals surface area contributed by atoms with Gasteiger partial charge >= 0.3 is 0 Å². The molecule has 0 aliphatic rings. The lowest BCUT2D eigenvalue weighted by molar-refractivity contribution is 0.557. The van der Waals surface area contributed by atoms with Crippen LogP contribution in [0.3, 0.4) is 0 Å². The normalized spacial score (nSPS) is 10.8. The Bertz CT molecular complexity index is 277. The van der Waals surface area contributed by atoms with Gasteiger partial charge in [-0.2, -0.15) is 0 Å². The number of furan rings is 1. The van der Waals surface area contributed by atoms with E-state index in [-0.39, 0.29) is 0 Å². The number of nitrogens with one attached hydrogen (secondary N) is 1. The van der Waals surface area contributed by atoms with Crippen LogP contribution in [0.2, 0.25) is 0 Å². The van der Waals surface area contributed by atoms with Crippen molar-refractivity contribution in [1.82, 2.24) is 5.32 Å². The molecule has 0 saturated carbocycles. The first kappa shape index (κ1) is 10.1. The molecule has 0 unspecified atom stereocenters. The average molecular weight is 198 g/mol. The molecular formula is C10H12ClNO. The van der Waals surface area contributed by atoms with Gasteiger partial charge in [-0.15, -0.1) is 0 Å². The Morgan fingerprint density at radius 3 is 3.15 bits per heavy atom. The van der Waals surface area contributed by atoms with Gasteiger partial charge in [-0.1, -0.05) is 24.3 Å². The quantitative estimate of drug-likeness (QED) is 0.735. The van der Waals surface area contributed by atoms with Gasteiger partial charge in [-0.25, -0.2) is 0 Å². The van der Waals surface area contributed by atoms with Crippen LogP contribution in [0.4, 0.5) is 0 Å². The van der Waals surface area contributed by atoms with Crippen molar-refractivity contribution in [2.45, 2.75) is 0 Å². The van der Waals surface area contributed by atoms with E-state index < -0.39 is 0 Å². The Kier molecular flexibility index (Phi) is 4.36. The SMILES string of the molecule is C=C(Cl)CNC/C=C/c1ccco1. The Labute approximate surface area is 82.9 Å². The fraction of sp³-hybridized carbons (Fsp3) is 0.200. The monoisotopic (exact) mass is 197 g/mol. The van der Waals surface area contributed by atoms with Crippen LogP contribution in [-0.2, 0) is 0 Å². The van der Waals surface area contributed by atoms with Crippen LogP contribution in [-0.4, -0.2) is 13.1 Å². The van der Waals surface area contributed by atoms with Crippen LogP contribution >= 0.6 is 11.6 Å². The van der Waals surface area contributed by atoms with E-state index in [0.29, 0.717) is 11.6 Å². The Morgan fingerprint density at radius 2 is 2.54 bits per heavy atom. The molecule has 0 fully saturated rings. The third kappa shape index (κ3) is 4.55. The predicted molar refractivity (Wildman–Crippen MR) is 55.6 cm³/mol. The highest BCUT2D eigenvalue weighted by molar-refractivity contribution is 6.29. The summed E-state index contributed by atoms with van der Waals surface area (Å²) >= 11 is 5.56. The Morgan fingerprint density at radius 1 is 1.69 bits per heavy atom. The number of hydrogen-bond donors (Lipinski definition) is 1. The van der Waals surface area contributed by atoms with Crippen LogP contribution in [0.15, 0.2) is 40.5 Å². The highest BCUT2D eigenvalue weighted by Gasteiger charge is 1.87. The molecule has 1 rings (SSSR count). The third-order valence-corrected chi connectivity index (χ3v) is 1.54. The van der Waals surface area contributed by atoms with E-state index in [4.69, 9.17) is 16.0 Å². The molecule has 1 aromatic heterocycles. The third-order valence-electron chi connectivity index (χ3n) is 1.40. The smallest absolute Gasteiger partial charge is 0.126 e. The maximum absolute atomic E-state index is 5.56. The Hall–Kier alpha value is -0.990. The van der Waals surface area contributed by atoms with Crippen LogP contribution in [0.5, 0.6) is 0 Å². The number of rotatable bonds is 5. The fourth-order valence-electron chi connectivity index (χ4n) is 0.852. The van der Waals surface area contributed by atoms with E-state index in [0.717, 1.165) is 12.3 Å². The zero-order valence-corrected chi connectivity index (χ0v) is 8.05. The molecule has 13 heavy (non-hydrogen) atoms. The molecule has 0 amide bonds. The van der Waals surface area contributed by atoms with Gasteiger partial charge in [0.1, 0.15) is 5.76 Å². The van der Waals surface area contributed by atoms with E-state index in [1.165, 1.54) is 0 Å². The van der Waals surface area contributed by atoms with Crippen molar-refractivity contribution >= 4 is 17.7 Å². The lowest BCUT2D eigenvalue weighted by Crippen LogP contribution is -2.14. The molecule has 2 nitrogen and oxygen atoms in total. The summed E-state index contributed by atoms with van der Waals surface area (Å²) in [5.74, 6) is 0.853. The van der Waals surface area contributed by atoms with Crippen LogP contribution in [0.1, 0.15) is 5.76 Å². The zero-order valence-electron chi connectivity index (χ0n) is 7.29. The Balaban J connectivity index is 2.16. The van der Waals surface area contributed by atoms with Crippen LogP contribution in [0, 0.1) is 0 Å². The molecule has 1 N–H and O–H groups in total. The molecule has 0 aliphatic heterocycles. The van der Waals surface area contributed by atoms with Crippen molar-refractivity contribution in [3.8, 4) is 0 Å². The fourth-order valence-corrected chi connectivity index (χ4v) is 0.947. The van der Waals surface area contributed by atoms with Gasteiger partial charge in [0, 0.05) is 18.1 Å². The molecule has 0 saturated heterocycles. The molecular weight excluding hydrogens is 186 g/mol. The number of halogens is 1. The summed E-state index contributed by atoms with van der Waals surface area (Å²) in [5.41, 5.74) is 0. The summed E-state index contributed by atoms with van der Waals surface area (Å²) in [6.07, 6.45) is 5.52. The van der Waals surface area contributed by atoms with Gasteiger partial charge in [0.15, 0.2) is 0 Å². The highest BCUT2D eigenvalue weighted by atomic mass is 35.5. The molecule has 0 spiro atoms. The van der Waals surface area contributed by atoms with Crippen molar-refractivity contribution in [2.24, 2.45) is 0 Å². The first-order valence-electron chi connectivity index (χ1n) is 4.03. The minimum Gasteiger partial charge on any atom is -0.465 e. The van der Waals surface area contributed by atoms with Crippen LogP contribution < -0.4 is 5.32 Å². The van der Waals surface area contributed by atoms with E-state index in [1.54, 1.807) is 6.26 Å². The van der Waals surface area contributed by atoms with Gasteiger partial charge in [0.25, 0.3) is 0 Å². The van der Waals surface area contributed by atoms with Crippen molar-refractivity contribution in [2.75, 3.05) is 13.1 Å². The topological polar surface area (TPSA) is 25.2 Å².